The van der Waals surface area contributed by atoms with E-state index in [9.17, 15) is 4.39 Å². The van der Waals surface area contributed by atoms with E-state index in [4.69, 9.17) is 17.3 Å². The van der Waals surface area contributed by atoms with Crippen molar-refractivity contribution in [3.8, 4) is 11.1 Å². The molecule has 3 rings (SSSR count). The fraction of sp³-hybridized carbons (Fsp3) is 0.0526. The van der Waals surface area contributed by atoms with Gasteiger partial charge in [-0.25, -0.2) is 4.39 Å². The topological polar surface area (TPSA) is 38.0 Å². The maximum atomic E-state index is 13.3. The first kappa shape index (κ1) is 15.4. The summed E-state index contributed by atoms with van der Waals surface area (Å²) in [4.78, 5) is 0. The third-order valence-electron chi connectivity index (χ3n) is 3.70. The van der Waals surface area contributed by atoms with Crippen LogP contribution < -0.4 is 11.1 Å². The molecule has 0 saturated carbocycles. The van der Waals surface area contributed by atoms with Crippen molar-refractivity contribution in [3.05, 3.63) is 77.1 Å². The lowest BCUT2D eigenvalue weighted by Gasteiger charge is -2.17. The van der Waals surface area contributed by atoms with E-state index in [0.29, 0.717) is 10.7 Å². The van der Waals surface area contributed by atoms with Gasteiger partial charge in [0.25, 0.3) is 0 Å². The minimum Gasteiger partial charge on any atom is -0.397 e. The van der Waals surface area contributed by atoms with Crippen LogP contribution in [0.3, 0.4) is 0 Å². The van der Waals surface area contributed by atoms with E-state index in [1.807, 2.05) is 49.4 Å². The van der Waals surface area contributed by atoms with E-state index in [1.54, 1.807) is 6.07 Å². The number of aryl methyl sites for hydroxylation is 1. The van der Waals surface area contributed by atoms with Crippen LogP contribution in [0.4, 0.5) is 21.5 Å². The second kappa shape index (κ2) is 6.31. The van der Waals surface area contributed by atoms with E-state index in [-0.39, 0.29) is 5.82 Å². The molecule has 3 N–H and O–H groups in total. The normalized spacial score (nSPS) is 10.6. The second-order valence-corrected chi connectivity index (χ2v) is 5.74. The standard InChI is InChI=1S/C19H16ClFN2/c1-12-5-4-8-18(23-17-7-3-2-6-16(17)22)19(12)14-10-9-13(21)11-15(14)20/h2-11,23H,22H2,1H3. The number of hydrogen-bond donors (Lipinski definition) is 2. The Morgan fingerprint density at radius 2 is 1.70 bits per heavy atom. The Morgan fingerprint density at radius 1 is 0.957 bits per heavy atom. The fourth-order valence-electron chi connectivity index (χ4n) is 2.58. The quantitative estimate of drug-likeness (QED) is 0.599. The Kier molecular flexibility index (Phi) is 4.22. The summed E-state index contributed by atoms with van der Waals surface area (Å²) in [6.07, 6.45) is 0. The van der Waals surface area contributed by atoms with Crippen molar-refractivity contribution in [2.45, 2.75) is 6.92 Å². The van der Waals surface area contributed by atoms with E-state index in [1.165, 1.54) is 12.1 Å². The molecule has 0 unspecified atom stereocenters. The molecule has 3 aromatic carbocycles. The van der Waals surface area contributed by atoms with E-state index < -0.39 is 0 Å². The maximum absolute atomic E-state index is 13.3. The van der Waals surface area contributed by atoms with Gasteiger partial charge in [0.2, 0.25) is 0 Å². The summed E-state index contributed by atoms with van der Waals surface area (Å²) >= 11 is 6.25. The molecule has 3 aromatic rings. The van der Waals surface area contributed by atoms with Gasteiger partial charge < -0.3 is 11.1 Å². The van der Waals surface area contributed by atoms with Gasteiger partial charge in [0.1, 0.15) is 5.82 Å². The molecule has 0 fully saturated rings. The first-order valence-corrected chi connectivity index (χ1v) is 7.60. The smallest absolute Gasteiger partial charge is 0.124 e. The van der Waals surface area contributed by atoms with Crippen molar-refractivity contribution < 1.29 is 4.39 Å². The number of nitrogens with one attached hydrogen (secondary N) is 1. The Balaban J connectivity index is 2.12. The van der Waals surface area contributed by atoms with Crippen molar-refractivity contribution in [1.29, 1.82) is 0 Å². The second-order valence-electron chi connectivity index (χ2n) is 5.33. The average Bonchev–Trinajstić information content (AvgIpc) is 2.51. The van der Waals surface area contributed by atoms with Crippen LogP contribution in [0.5, 0.6) is 0 Å². The summed E-state index contributed by atoms with van der Waals surface area (Å²) in [6.45, 7) is 1.99. The van der Waals surface area contributed by atoms with Crippen LogP contribution in [0.15, 0.2) is 60.7 Å². The van der Waals surface area contributed by atoms with E-state index >= 15 is 0 Å². The lowest BCUT2D eigenvalue weighted by Crippen LogP contribution is -1.99. The van der Waals surface area contributed by atoms with Crippen LogP contribution in [0.2, 0.25) is 5.02 Å². The molecule has 0 atom stereocenters. The fourth-order valence-corrected chi connectivity index (χ4v) is 2.84. The molecule has 116 valence electrons. The predicted molar refractivity (Wildman–Crippen MR) is 95.7 cm³/mol. The molecular weight excluding hydrogens is 311 g/mol. The van der Waals surface area contributed by atoms with Gasteiger partial charge in [-0.15, -0.1) is 0 Å². The predicted octanol–water partition coefficient (Wildman–Crippen LogP) is 5.78. The number of para-hydroxylation sites is 2. The molecule has 0 bridgehead atoms. The van der Waals surface area contributed by atoms with E-state index in [2.05, 4.69) is 5.32 Å². The minimum absolute atomic E-state index is 0.353. The highest BCUT2D eigenvalue weighted by atomic mass is 35.5. The minimum atomic E-state index is -0.353. The zero-order chi connectivity index (χ0) is 16.4. The molecule has 0 aliphatic carbocycles. The molecule has 0 radical (unpaired) electrons. The summed E-state index contributed by atoms with van der Waals surface area (Å²) in [5, 5.41) is 3.72. The largest absolute Gasteiger partial charge is 0.397 e. The molecule has 23 heavy (non-hydrogen) atoms. The third kappa shape index (κ3) is 3.15. The van der Waals surface area contributed by atoms with Crippen molar-refractivity contribution in [2.24, 2.45) is 0 Å². The Morgan fingerprint density at radius 3 is 2.43 bits per heavy atom. The van der Waals surface area contributed by atoms with Crippen molar-refractivity contribution >= 4 is 28.7 Å². The van der Waals surface area contributed by atoms with Gasteiger partial charge in [-0.2, -0.15) is 0 Å². The number of hydrogen-bond acceptors (Lipinski definition) is 2. The Labute approximate surface area is 139 Å². The Bertz CT molecular complexity index is 862. The van der Waals surface area contributed by atoms with Crippen LogP contribution >= 0.6 is 11.6 Å². The zero-order valence-corrected chi connectivity index (χ0v) is 13.4. The summed E-state index contributed by atoms with van der Waals surface area (Å²) in [6, 6.07) is 17.9. The van der Waals surface area contributed by atoms with Crippen LogP contribution in [0, 0.1) is 12.7 Å². The number of rotatable bonds is 3. The average molecular weight is 327 g/mol. The zero-order valence-electron chi connectivity index (χ0n) is 12.6. The van der Waals surface area contributed by atoms with Crippen molar-refractivity contribution in [1.82, 2.24) is 0 Å². The molecule has 0 spiro atoms. The maximum Gasteiger partial charge on any atom is 0.124 e. The van der Waals surface area contributed by atoms with Crippen molar-refractivity contribution in [2.75, 3.05) is 11.1 Å². The summed E-state index contributed by atoms with van der Waals surface area (Å²) in [5.41, 5.74) is 11.1. The highest BCUT2D eigenvalue weighted by Gasteiger charge is 2.13. The van der Waals surface area contributed by atoms with Gasteiger partial charge in [0, 0.05) is 16.8 Å². The third-order valence-corrected chi connectivity index (χ3v) is 4.02. The first-order valence-electron chi connectivity index (χ1n) is 7.23. The lowest BCUT2D eigenvalue weighted by molar-refractivity contribution is 0.628. The summed E-state index contributed by atoms with van der Waals surface area (Å²) in [7, 11) is 0. The monoisotopic (exact) mass is 326 g/mol. The Hall–Kier alpha value is -2.52. The van der Waals surface area contributed by atoms with Gasteiger partial charge >= 0.3 is 0 Å². The highest BCUT2D eigenvalue weighted by molar-refractivity contribution is 6.33. The lowest BCUT2D eigenvalue weighted by atomic mass is 9.98. The molecule has 0 aromatic heterocycles. The van der Waals surface area contributed by atoms with E-state index in [0.717, 1.165) is 28.1 Å². The molecule has 0 saturated heterocycles. The van der Waals surface area contributed by atoms with Crippen LogP contribution in [-0.2, 0) is 0 Å². The molecule has 4 heteroatoms. The SMILES string of the molecule is Cc1cccc(Nc2ccccc2N)c1-c1ccc(F)cc1Cl. The molecule has 0 aliphatic heterocycles. The number of nitrogen functional groups attached to an aromatic ring is 1. The highest BCUT2D eigenvalue weighted by Crippen LogP contribution is 2.38. The first-order chi connectivity index (χ1) is 11.1. The van der Waals surface area contributed by atoms with Crippen molar-refractivity contribution in [3.63, 3.8) is 0 Å². The van der Waals surface area contributed by atoms with Crippen LogP contribution in [-0.4, -0.2) is 0 Å². The number of halogens is 2. The molecular formula is C19H16ClFN2. The number of benzene rings is 3. The van der Waals surface area contributed by atoms with Gasteiger partial charge in [0.05, 0.1) is 16.4 Å². The van der Waals surface area contributed by atoms with Crippen LogP contribution in [0.1, 0.15) is 5.56 Å². The van der Waals surface area contributed by atoms with Gasteiger partial charge in [-0.05, 0) is 48.9 Å². The summed E-state index contributed by atoms with van der Waals surface area (Å²) < 4.78 is 13.3. The van der Waals surface area contributed by atoms with Gasteiger partial charge in [-0.1, -0.05) is 35.9 Å². The number of anilines is 3. The molecule has 0 aliphatic rings. The molecule has 2 nitrogen and oxygen atoms in total. The van der Waals surface area contributed by atoms with Gasteiger partial charge in [-0.3, -0.25) is 0 Å². The summed E-state index contributed by atoms with van der Waals surface area (Å²) in [5.74, 6) is -0.353. The number of nitrogens with two attached hydrogens (primary N) is 1. The van der Waals surface area contributed by atoms with Crippen LogP contribution in [0.25, 0.3) is 11.1 Å². The molecule has 0 amide bonds. The van der Waals surface area contributed by atoms with Gasteiger partial charge in [0.15, 0.2) is 0 Å². The molecule has 0 heterocycles.